The molecule has 3 aromatic rings. The Labute approximate surface area is 165 Å². The predicted molar refractivity (Wildman–Crippen MR) is 112 cm³/mol. The third kappa shape index (κ3) is 4.62. The number of nitrogens with one attached hydrogen (secondary N) is 2. The van der Waals surface area contributed by atoms with E-state index in [2.05, 4.69) is 29.7 Å². The summed E-state index contributed by atoms with van der Waals surface area (Å²) in [5.74, 6) is 0.894. The molecule has 1 unspecified atom stereocenters. The molecule has 2 N–H and O–H groups in total. The van der Waals surface area contributed by atoms with E-state index in [1.807, 2.05) is 42.5 Å². The first-order valence-corrected chi connectivity index (χ1v) is 9.05. The lowest BCUT2D eigenvalue weighted by atomic mass is 10.1. The minimum absolute atomic E-state index is 0.188. The first-order valence-electron chi connectivity index (χ1n) is 9.05. The zero-order chi connectivity index (χ0) is 19.9. The van der Waals surface area contributed by atoms with Crippen molar-refractivity contribution >= 4 is 17.3 Å². The van der Waals surface area contributed by atoms with E-state index < -0.39 is 0 Å². The Bertz CT molecular complexity index is 924. The summed E-state index contributed by atoms with van der Waals surface area (Å²) >= 11 is 0. The van der Waals surface area contributed by atoms with E-state index in [0.29, 0.717) is 17.1 Å². The van der Waals surface area contributed by atoms with E-state index in [4.69, 9.17) is 9.47 Å². The number of rotatable bonds is 7. The Kier molecular flexibility index (Phi) is 6.17. The van der Waals surface area contributed by atoms with Gasteiger partial charge in [0.05, 0.1) is 14.2 Å². The molecule has 0 fully saturated rings. The van der Waals surface area contributed by atoms with Gasteiger partial charge in [-0.1, -0.05) is 30.3 Å². The Morgan fingerprint density at radius 1 is 0.821 bits per heavy atom. The lowest BCUT2D eigenvalue weighted by molar-refractivity contribution is 0.102. The molecular formula is C23H24N2O3. The molecule has 1 atom stereocenters. The SMILES string of the molecule is COc1ccc(C(=O)Nc2ccc(NC(C)c3ccccc3)cc2)cc1OC. The highest BCUT2D eigenvalue weighted by molar-refractivity contribution is 6.04. The third-order valence-electron chi connectivity index (χ3n) is 4.47. The lowest BCUT2D eigenvalue weighted by Gasteiger charge is -2.16. The molecule has 0 radical (unpaired) electrons. The van der Waals surface area contributed by atoms with Crippen LogP contribution < -0.4 is 20.1 Å². The second kappa shape index (κ2) is 8.95. The van der Waals surface area contributed by atoms with Crippen LogP contribution in [0.2, 0.25) is 0 Å². The summed E-state index contributed by atoms with van der Waals surface area (Å²) in [5, 5.41) is 6.35. The van der Waals surface area contributed by atoms with E-state index >= 15 is 0 Å². The van der Waals surface area contributed by atoms with Crippen LogP contribution in [0.1, 0.15) is 28.9 Å². The molecule has 0 spiro atoms. The molecule has 5 nitrogen and oxygen atoms in total. The van der Waals surface area contributed by atoms with Crippen LogP contribution in [0.15, 0.2) is 72.8 Å². The minimum atomic E-state index is -0.209. The third-order valence-corrected chi connectivity index (χ3v) is 4.47. The molecular weight excluding hydrogens is 352 g/mol. The number of carbonyl (C=O) groups excluding carboxylic acids is 1. The summed E-state index contributed by atoms with van der Waals surface area (Å²) in [7, 11) is 3.10. The van der Waals surface area contributed by atoms with Crippen molar-refractivity contribution in [1.29, 1.82) is 0 Å². The fourth-order valence-corrected chi connectivity index (χ4v) is 2.91. The van der Waals surface area contributed by atoms with E-state index in [1.54, 1.807) is 32.4 Å². The van der Waals surface area contributed by atoms with Crippen molar-refractivity contribution in [3.63, 3.8) is 0 Å². The normalized spacial score (nSPS) is 11.4. The van der Waals surface area contributed by atoms with Gasteiger partial charge in [-0.3, -0.25) is 4.79 Å². The van der Waals surface area contributed by atoms with Crippen LogP contribution in [0.5, 0.6) is 11.5 Å². The van der Waals surface area contributed by atoms with E-state index in [1.165, 1.54) is 5.56 Å². The summed E-state index contributed by atoms with van der Waals surface area (Å²) < 4.78 is 10.5. The van der Waals surface area contributed by atoms with Crippen molar-refractivity contribution in [2.75, 3.05) is 24.9 Å². The van der Waals surface area contributed by atoms with Crippen molar-refractivity contribution in [3.8, 4) is 11.5 Å². The van der Waals surface area contributed by atoms with Crippen molar-refractivity contribution in [1.82, 2.24) is 0 Å². The zero-order valence-electron chi connectivity index (χ0n) is 16.2. The maximum atomic E-state index is 12.5. The summed E-state index contributed by atoms with van der Waals surface area (Å²) in [5.41, 5.74) is 3.42. The average molecular weight is 376 g/mol. The molecule has 0 aliphatic rings. The van der Waals surface area contributed by atoms with Gasteiger partial charge >= 0.3 is 0 Å². The molecule has 0 bridgehead atoms. The number of anilines is 2. The highest BCUT2D eigenvalue weighted by Gasteiger charge is 2.11. The summed E-state index contributed by atoms with van der Waals surface area (Å²) in [6, 6.07) is 23.2. The fraction of sp³-hybridized carbons (Fsp3) is 0.174. The molecule has 0 aliphatic heterocycles. The first-order chi connectivity index (χ1) is 13.6. The predicted octanol–water partition coefficient (Wildman–Crippen LogP) is 5.13. The fourth-order valence-electron chi connectivity index (χ4n) is 2.91. The molecule has 0 saturated heterocycles. The Balaban J connectivity index is 1.64. The molecule has 144 valence electrons. The van der Waals surface area contributed by atoms with Crippen molar-refractivity contribution < 1.29 is 14.3 Å². The zero-order valence-corrected chi connectivity index (χ0v) is 16.2. The van der Waals surface area contributed by atoms with Gasteiger partial charge in [0.2, 0.25) is 0 Å². The van der Waals surface area contributed by atoms with Gasteiger partial charge in [-0.15, -0.1) is 0 Å². The van der Waals surface area contributed by atoms with Gasteiger partial charge in [0.25, 0.3) is 5.91 Å². The molecule has 0 heterocycles. The molecule has 3 aromatic carbocycles. The number of amides is 1. The van der Waals surface area contributed by atoms with Crippen LogP contribution in [0.25, 0.3) is 0 Å². The van der Waals surface area contributed by atoms with Gasteiger partial charge in [0, 0.05) is 23.0 Å². The second-order valence-corrected chi connectivity index (χ2v) is 6.38. The van der Waals surface area contributed by atoms with Crippen LogP contribution in [0, 0.1) is 0 Å². The molecule has 0 aliphatic carbocycles. The Morgan fingerprint density at radius 3 is 2.11 bits per heavy atom. The quantitative estimate of drug-likeness (QED) is 0.600. The topological polar surface area (TPSA) is 59.6 Å². The first kappa shape index (κ1) is 19.3. The smallest absolute Gasteiger partial charge is 0.255 e. The van der Waals surface area contributed by atoms with Crippen LogP contribution in [-0.2, 0) is 0 Å². The van der Waals surface area contributed by atoms with Crippen LogP contribution >= 0.6 is 0 Å². The summed E-state index contributed by atoms with van der Waals surface area (Å²) in [4.78, 5) is 12.5. The van der Waals surface area contributed by atoms with Crippen molar-refractivity contribution in [3.05, 3.63) is 83.9 Å². The molecule has 1 amide bonds. The number of methoxy groups -OCH3 is 2. The van der Waals surface area contributed by atoms with Crippen LogP contribution in [-0.4, -0.2) is 20.1 Å². The highest BCUT2D eigenvalue weighted by atomic mass is 16.5. The number of hydrogen-bond acceptors (Lipinski definition) is 4. The van der Waals surface area contributed by atoms with Gasteiger partial charge in [-0.2, -0.15) is 0 Å². The number of ether oxygens (including phenoxy) is 2. The maximum absolute atomic E-state index is 12.5. The summed E-state index contributed by atoms with van der Waals surface area (Å²) in [6.45, 7) is 2.11. The van der Waals surface area contributed by atoms with Crippen LogP contribution in [0.4, 0.5) is 11.4 Å². The number of benzene rings is 3. The van der Waals surface area contributed by atoms with Crippen molar-refractivity contribution in [2.24, 2.45) is 0 Å². The van der Waals surface area contributed by atoms with Gasteiger partial charge in [0.15, 0.2) is 11.5 Å². The Hall–Kier alpha value is -3.47. The van der Waals surface area contributed by atoms with Crippen LogP contribution in [0.3, 0.4) is 0 Å². The Morgan fingerprint density at radius 2 is 1.46 bits per heavy atom. The molecule has 5 heteroatoms. The maximum Gasteiger partial charge on any atom is 0.255 e. The van der Waals surface area contributed by atoms with Gasteiger partial charge in [0.1, 0.15) is 0 Å². The second-order valence-electron chi connectivity index (χ2n) is 6.38. The molecule has 0 aromatic heterocycles. The number of hydrogen-bond donors (Lipinski definition) is 2. The lowest BCUT2D eigenvalue weighted by Crippen LogP contribution is -2.12. The molecule has 0 saturated carbocycles. The number of carbonyl (C=O) groups is 1. The minimum Gasteiger partial charge on any atom is -0.493 e. The van der Waals surface area contributed by atoms with Gasteiger partial charge in [-0.05, 0) is 55.0 Å². The van der Waals surface area contributed by atoms with Gasteiger partial charge in [-0.25, -0.2) is 0 Å². The monoisotopic (exact) mass is 376 g/mol. The highest BCUT2D eigenvalue weighted by Crippen LogP contribution is 2.28. The van der Waals surface area contributed by atoms with Crippen molar-refractivity contribution in [2.45, 2.75) is 13.0 Å². The van der Waals surface area contributed by atoms with E-state index in [0.717, 1.165) is 11.4 Å². The van der Waals surface area contributed by atoms with E-state index in [9.17, 15) is 4.79 Å². The summed E-state index contributed by atoms with van der Waals surface area (Å²) in [6.07, 6.45) is 0. The molecule has 3 rings (SSSR count). The largest absolute Gasteiger partial charge is 0.493 e. The van der Waals surface area contributed by atoms with E-state index in [-0.39, 0.29) is 11.9 Å². The van der Waals surface area contributed by atoms with Gasteiger partial charge < -0.3 is 20.1 Å². The standard InChI is InChI=1S/C23H24N2O3/c1-16(17-7-5-4-6-8-17)24-19-10-12-20(13-11-19)25-23(26)18-9-14-21(27-2)22(15-18)28-3/h4-16,24H,1-3H3,(H,25,26). The average Bonchev–Trinajstić information content (AvgIpc) is 2.75. The molecule has 28 heavy (non-hydrogen) atoms.